The summed E-state index contributed by atoms with van der Waals surface area (Å²) in [6, 6.07) is 9.21. The summed E-state index contributed by atoms with van der Waals surface area (Å²) >= 11 is 0. The van der Waals surface area contributed by atoms with E-state index in [9.17, 15) is 0 Å². The second kappa shape index (κ2) is 9.22. The highest BCUT2D eigenvalue weighted by molar-refractivity contribution is 5.29. The van der Waals surface area contributed by atoms with Crippen molar-refractivity contribution in [1.82, 2.24) is 5.43 Å². The molecule has 1 atom stereocenters. The lowest BCUT2D eigenvalue weighted by Gasteiger charge is -2.21. The van der Waals surface area contributed by atoms with E-state index in [0.717, 1.165) is 6.42 Å². The summed E-state index contributed by atoms with van der Waals surface area (Å²) in [6.07, 6.45) is 9.10. The van der Waals surface area contributed by atoms with Gasteiger partial charge in [-0.2, -0.15) is 0 Å². The highest BCUT2D eigenvalue weighted by Gasteiger charge is 2.15. The van der Waals surface area contributed by atoms with Crippen LogP contribution in [0.3, 0.4) is 0 Å². The monoisotopic (exact) mass is 290 g/mol. The van der Waals surface area contributed by atoms with Gasteiger partial charge in [0.15, 0.2) is 0 Å². The van der Waals surface area contributed by atoms with Crippen molar-refractivity contribution in [2.75, 3.05) is 0 Å². The minimum atomic E-state index is 0.212. The molecule has 0 fully saturated rings. The van der Waals surface area contributed by atoms with Crippen molar-refractivity contribution < 1.29 is 0 Å². The Hall–Kier alpha value is -0.860. The average Bonchev–Trinajstić information content (AvgIpc) is 2.46. The van der Waals surface area contributed by atoms with E-state index in [-0.39, 0.29) is 11.5 Å². The van der Waals surface area contributed by atoms with Gasteiger partial charge in [0, 0.05) is 6.04 Å². The number of hydrogen-bond acceptors (Lipinski definition) is 2. The van der Waals surface area contributed by atoms with Gasteiger partial charge in [-0.15, -0.1) is 0 Å². The van der Waals surface area contributed by atoms with Gasteiger partial charge in [0.05, 0.1) is 0 Å². The third-order valence-electron chi connectivity index (χ3n) is 4.23. The fourth-order valence-corrected chi connectivity index (χ4v) is 2.69. The van der Waals surface area contributed by atoms with Crippen LogP contribution in [-0.2, 0) is 5.41 Å². The van der Waals surface area contributed by atoms with Crippen LogP contribution < -0.4 is 11.3 Å². The van der Waals surface area contributed by atoms with Gasteiger partial charge >= 0.3 is 0 Å². The highest BCUT2D eigenvalue weighted by atomic mass is 15.2. The van der Waals surface area contributed by atoms with Gasteiger partial charge < -0.3 is 0 Å². The van der Waals surface area contributed by atoms with Crippen LogP contribution in [-0.4, -0.2) is 0 Å². The molecule has 2 heteroatoms. The summed E-state index contributed by atoms with van der Waals surface area (Å²) in [4.78, 5) is 0. The minimum Gasteiger partial charge on any atom is -0.271 e. The van der Waals surface area contributed by atoms with Gasteiger partial charge in [0.1, 0.15) is 0 Å². The molecular weight excluding hydrogens is 256 g/mol. The topological polar surface area (TPSA) is 38.0 Å². The molecule has 2 nitrogen and oxygen atoms in total. The maximum Gasteiger partial charge on any atom is 0.0460 e. The van der Waals surface area contributed by atoms with Gasteiger partial charge in [-0.05, 0) is 23.0 Å². The van der Waals surface area contributed by atoms with Crippen LogP contribution in [0.1, 0.15) is 89.8 Å². The van der Waals surface area contributed by atoms with Crippen LogP contribution in [0, 0.1) is 0 Å². The molecule has 0 saturated heterocycles. The molecule has 0 spiro atoms. The molecule has 0 aliphatic heterocycles. The van der Waals surface area contributed by atoms with Gasteiger partial charge in [0.2, 0.25) is 0 Å². The zero-order chi connectivity index (χ0) is 15.7. The molecule has 1 aromatic carbocycles. The largest absolute Gasteiger partial charge is 0.271 e. The molecule has 0 aliphatic carbocycles. The first-order valence-corrected chi connectivity index (χ1v) is 8.55. The third kappa shape index (κ3) is 6.62. The molecule has 0 bridgehead atoms. The fraction of sp³-hybridized carbons (Fsp3) is 0.684. The summed E-state index contributed by atoms with van der Waals surface area (Å²) in [5.41, 5.74) is 5.87. The van der Waals surface area contributed by atoms with Crippen molar-refractivity contribution in [2.24, 2.45) is 5.84 Å². The minimum absolute atomic E-state index is 0.212. The zero-order valence-electron chi connectivity index (χ0n) is 14.4. The fourth-order valence-electron chi connectivity index (χ4n) is 2.69. The maximum atomic E-state index is 5.74. The van der Waals surface area contributed by atoms with Crippen molar-refractivity contribution in [3.63, 3.8) is 0 Å². The quantitative estimate of drug-likeness (QED) is 0.371. The number of hydrogen-bond donors (Lipinski definition) is 2. The molecule has 0 radical (unpaired) electrons. The van der Waals surface area contributed by atoms with Crippen molar-refractivity contribution in [1.29, 1.82) is 0 Å². The van der Waals surface area contributed by atoms with Crippen LogP contribution >= 0.6 is 0 Å². The van der Waals surface area contributed by atoms with Gasteiger partial charge in [-0.3, -0.25) is 11.3 Å². The van der Waals surface area contributed by atoms with Gasteiger partial charge in [0.25, 0.3) is 0 Å². The van der Waals surface area contributed by atoms with Crippen molar-refractivity contribution >= 4 is 0 Å². The number of benzene rings is 1. The molecule has 0 heterocycles. The van der Waals surface area contributed by atoms with Crippen LogP contribution in [0.5, 0.6) is 0 Å². The van der Waals surface area contributed by atoms with E-state index < -0.39 is 0 Å². The summed E-state index contributed by atoms with van der Waals surface area (Å²) in [5.74, 6) is 5.74. The second-order valence-corrected chi connectivity index (χ2v) is 7.15. The summed E-state index contributed by atoms with van der Waals surface area (Å²) in [6.45, 7) is 9.00. The number of unbranched alkanes of at least 4 members (excludes halogenated alkanes) is 5. The van der Waals surface area contributed by atoms with Gasteiger partial charge in [-0.25, -0.2) is 0 Å². The van der Waals surface area contributed by atoms with E-state index in [1.165, 1.54) is 49.7 Å². The summed E-state index contributed by atoms with van der Waals surface area (Å²) < 4.78 is 0. The first kappa shape index (κ1) is 18.2. The molecule has 1 unspecified atom stereocenters. The molecular formula is C19H34N2. The lowest BCUT2D eigenvalue weighted by Crippen LogP contribution is -2.28. The van der Waals surface area contributed by atoms with E-state index >= 15 is 0 Å². The van der Waals surface area contributed by atoms with E-state index in [2.05, 4.69) is 57.4 Å². The van der Waals surface area contributed by atoms with Gasteiger partial charge in [-0.1, -0.05) is 90.5 Å². The molecule has 3 N–H and O–H groups in total. The van der Waals surface area contributed by atoms with Crippen molar-refractivity contribution in [3.8, 4) is 0 Å². The van der Waals surface area contributed by atoms with Crippen LogP contribution in [0.25, 0.3) is 0 Å². The first-order valence-electron chi connectivity index (χ1n) is 8.55. The zero-order valence-corrected chi connectivity index (χ0v) is 14.4. The lowest BCUT2D eigenvalue weighted by atomic mass is 9.86. The number of nitrogens with two attached hydrogens (primary N) is 1. The molecule has 0 aliphatic rings. The Bertz CT molecular complexity index is 376. The molecule has 21 heavy (non-hydrogen) atoms. The molecule has 0 amide bonds. The van der Waals surface area contributed by atoms with Crippen LogP contribution in [0.4, 0.5) is 0 Å². The third-order valence-corrected chi connectivity index (χ3v) is 4.23. The Morgan fingerprint density at radius 2 is 1.52 bits per heavy atom. The Morgan fingerprint density at radius 3 is 2.05 bits per heavy atom. The van der Waals surface area contributed by atoms with E-state index in [0.29, 0.717) is 0 Å². The number of rotatable bonds is 9. The smallest absolute Gasteiger partial charge is 0.0460 e. The van der Waals surface area contributed by atoms with E-state index in [1.807, 2.05) is 0 Å². The standard InChI is InChI=1S/C19H34N2/c1-5-6-7-8-9-10-11-18(21-20)16-12-14-17(15-13-16)19(2,3)4/h12-15,18,21H,5-11,20H2,1-4H3. The summed E-state index contributed by atoms with van der Waals surface area (Å²) in [7, 11) is 0. The SMILES string of the molecule is CCCCCCCCC(NN)c1ccc(C(C)(C)C)cc1. The Kier molecular flexibility index (Phi) is 7.98. The lowest BCUT2D eigenvalue weighted by molar-refractivity contribution is 0.476. The summed E-state index contributed by atoms with van der Waals surface area (Å²) in [5, 5.41) is 0. The van der Waals surface area contributed by atoms with E-state index in [1.54, 1.807) is 0 Å². The average molecular weight is 290 g/mol. The second-order valence-electron chi connectivity index (χ2n) is 7.15. The maximum absolute atomic E-state index is 5.74. The first-order chi connectivity index (χ1) is 9.99. The Morgan fingerprint density at radius 1 is 0.952 bits per heavy atom. The highest BCUT2D eigenvalue weighted by Crippen LogP contribution is 2.25. The Balaban J connectivity index is 2.45. The number of nitrogens with one attached hydrogen (secondary N) is 1. The van der Waals surface area contributed by atoms with Crippen LogP contribution in [0.15, 0.2) is 24.3 Å². The predicted molar refractivity (Wildman–Crippen MR) is 93.2 cm³/mol. The molecule has 120 valence electrons. The van der Waals surface area contributed by atoms with E-state index in [4.69, 9.17) is 5.84 Å². The Labute approximate surface area is 131 Å². The van der Waals surface area contributed by atoms with Crippen LogP contribution in [0.2, 0.25) is 0 Å². The van der Waals surface area contributed by atoms with Crippen molar-refractivity contribution in [3.05, 3.63) is 35.4 Å². The molecule has 1 aromatic rings. The predicted octanol–water partition coefficient (Wildman–Crippen LogP) is 5.24. The number of hydrazine groups is 1. The molecule has 1 rings (SSSR count). The normalized spacial score (nSPS) is 13.4. The van der Waals surface area contributed by atoms with Crippen molar-refractivity contribution in [2.45, 2.75) is 84.1 Å². The molecule has 0 saturated carbocycles. The molecule has 0 aromatic heterocycles.